The molecule has 0 saturated heterocycles. The molecule has 0 unspecified atom stereocenters. The van der Waals surface area contributed by atoms with Crippen molar-refractivity contribution in [2.45, 2.75) is 45.4 Å². The molecule has 1 aliphatic rings. The summed E-state index contributed by atoms with van der Waals surface area (Å²) in [6, 6.07) is 3.60. The molecule has 1 saturated carbocycles. The van der Waals surface area contributed by atoms with Crippen LogP contribution in [0.25, 0.3) is 0 Å². The van der Waals surface area contributed by atoms with Crippen LogP contribution in [-0.2, 0) is 6.42 Å². The van der Waals surface area contributed by atoms with Crippen LogP contribution in [0.2, 0.25) is 0 Å². The van der Waals surface area contributed by atoms with Crippen LogP contribution in [0.1, 0.15) is 55.3 Å². The van der Waals surface area contributed by atoms with Crippen LogP contribution < -0.4 is 11.1 Å². The molecule has 4 heteroatoms. The third-order valence-electron chi connectivity index (χ3n) is 4.21. The SMILES string of the molecule is CCc1ccc(C(=O)NCC2(CN)CCCCC2)o1. The van der Waals surface area contributed by atoms with Gasteiger partial charge < -0.3 is 15.5 Å². The molecule has 2 rings (SSSR count). The third kappa shape index (κ3) is 3.38. The molecule has 1 aromatic heterocycles. The zero-order chi connectivity index (χ0) is 13.7. The summed E-state index contributed by atoms with van der Waals surface area (Å²) < 4.78 is 5.46. The second-order valence-electron chi connectivity index (χ2n) is 5.57. The number of nitrogens with two attached hydrogens (primary N) is 1. The summed E-state index contributed by atoms with van der Waals surface area (Å²) in [6.07, 6.45) is 6.75. The van der Waals surface area contributed by atoms with Crippen molar-refractivity contribution in [1.82, 2.24) is 5.32 Å². The van der Waals surface area contributed by atoms with E-state index in [1.807, 2.05) is 13.0 Å². The van der Waals surface area contributed by atoms with Gasteiger partial charge in [-0.1, -0.05) is 26.2 Å². The van der Waals surface area contributed by atoms with Crippen molar-refractivity contribution >= 4 is 5.91 Å². The van der Waals surface area contributed by atoms with Gasteiger partial charge in [0.1, 0.15) is 5.76 Å². The normalized spacial score (nSPS) is 18.2. The fourth-order valence-electron chi connectivity index (χ4n) is 2.80. The number of hydrogen-bond acceptors (Lipinski definition) is 3. The molecule has 0 aliphatic heterocycles. The number of hydrogen-bond donors (Lipinski definition) is 2. The summed E-state index contributed by atoms with van der Waals surface area (Å²) >= 11 is 0. The Bertz CT molecular complexity index is 420. The van der Waals surface area contributed by atoms with E-state index in [2.05, 4.69) is 5.32 Å². The van der Waals surface area contributed by atoms with Gasteiger partial charge in [-0.15, -0.1) is 0 Å². The largest absolute Gasteiger partial charge is 0.456 e. The van der Waals surface area contributed by atoms with E-state index in [4.69, 9.17) is 10.2 Å². The van der Waals surface area contributed by atoms with Crippen LogP contribution in [0.4, 0.5) is 0 Å². The highest BCUT2D eigenvalue weighted by atomic mass is 16.3. The second-order valence-corrected chi connectivity index (χ2v) is 5.57. The van der Waals surface area contributed by atoms with Gasteiger partial charge in [-0.3, -0.25) is 4.79 Å². The van der Waals surface area contributed by atoms with Crippen molar-refractivity contribution in [3.63, 3.8) is 0 Å². The minimum absolute atomic E-state index is 0.0914. The molecule has 0 atom stereocenters. The number of aryl methyl sites for hydroxylation is 1. The van der Waals surface area contributed by atoms with E-state index in [1.54, 1.807) is 6.07 Å². The van der Waals surface area contributed by atoms with Crippen molar-refractivity contribution in [3.8, 4) is 0 Å². The predicted molar refractivity (Wildman–Crippen MR) is 75.0 cm³/mol. The van der Waals surface area contributed by atoms with Crippen molar-refractivity contribution in [3.05, 3.63) is 23.7 Å². The molecule has 3 N–H and O–H groups in total. The van der Waals surface area contributed by atoms with Gasteiger partial charge in [-0.05, 0) is 36.9 Å². The van der Waals surface area contributed by atoms with E-state index >= 15 is 0 Å². The maximum Gasteiger partial charge on any atom is 0.287 e. The molecule has 0 radical (unpaired) electrons. The molecule has 4 nitrogen and oxygen atoms in total. The second kappa shape index (κ2) is 6.24. The minimum atomic E-state index is -0.127. The maximum atomic E-state index is 12.0. The highest BCUT2D eigenvalue weighted by molar-refractivity contribution is 5.91. The van der Waals surface area contributed by atoms with Gasteiger partial charge in [-0.25, -0.2) is 0 Å². The molecule has 1 heterocycles. The Morgan fingerprint density at radius 1 is 1.37 bits per heavy atom. The minimum Gasteiger partial charge on any atom is -0.456 e. The average Bonchev–Trinajstić information content (AvgIpc) is 2.95. The van der Waals surface area contributed by atoms with Crippen LogP contribution in [0.15, 0.2) is 16.5 Å². The summed E-state index contributed by atoms with van der Waals surface area (Å²) in [5.74, 6) is 1.12. The molecule has 1 fully saturated rings. The number of amides is 1. The monoisotopic (exact) mass is 264 g/mol. The van der Waals surface area contributed by atoms with Gasteiger partial charge in [0.25, 0.3) is 5.91 Å². The lowest BCUT2D eigenvalue weighted by molar-refractivity contribution is 0.0884. The first kappa shape index (κ1) is 14.1. The van der Waals surface area contributed by atoms with Gasteiger partial charge in [0.05, 0.1) is 0 Å². The lowest BCUT2D eigenvalue weighted by Crippen LogP contribution is -2.43. The Hall–Kier alpha value is -1.29. The van der Waals surface area contributed by atoms with Crippen LogP contribution >= 0.6 is 0 Å². The lowest BCUT2D eigenvalue weighted by atomic mass is 9.74. The van der Waals surface area contributed by atoms with Gasteiger partial charge in [0.2, 0.25) is 0 Å². The lowest BCUT2D eigenvalue weighted by Gasteiger charge is -2.36. The molecule has 0 spiro atoms. The highest BCUT2D eigenvalue weighted by Crippen LogP contribution is 2.34. The Kier molecular flexibility index (Phi) is 4.64. The van der Waals surface area contributed by atoms with Gasteiger partial charge in [0, 0.05) is 13.0 Å². The molecule has 0 bridgehead atoms. The zero-order valence-corrected chi connectivity index (χ0v) is 11.7. The zero-order valence-electron chi connectivity index (χ0n) is 11.7. The van der Waals surface area contributed by atoms with Crippen molar-refractivity contribution in [1.29, 1.82) is 0 Å². The van der Waals surface area contributed by atoms with Crippen LogP contribution in [0.5, 0.6) is 0 Å². The van der Waals surface area contributed by atoms with Gasteiger partial charge in [-0.2, -0.15) is 0 Å². The molecule has 1 aromatic rings. The molecular weight excluding hydrogens is 240 g/mol. The van der Waals surface area contributed by atoms with Gasteiger partial charge in [0.15, 0.2) is 5.76 Å². The Balaban J connectivity index is 1.91. The summed E-state index contributed by atoms with van der Waals surface area (Å²) in [7, 11) is 0. The Morgan fingerprint density at radius 3 is 2.68 bits per heavy atom. The molecule has 1 aliphatic carbocycles. The third-order valence-corrected chi connectivity index (χ3v) is 4.21. The van der Waals surface area contributed by atoms with E-state index in [-0.39, 0.29) is 11.3 Å². The Labute approximate surface area is 114 Å². The van der Waals surface area contributed by atoms with Crippen molar-refractivity contribution < 1.29 is 9.21 Å². The number of furan rings is 1. The standard InChI is InChI=1S/C15H24N2O2/c1-2-12-6-7-13(19-12)14(18)17-11-15(10-16)8-4-3-5-9-15/h6-7H,2-5,8-11,16H2,1H3,(H,17,18). The quantitative estimate of drug-likeness (QED) is 0.858. The number of nitrogens with one attached hydrogen (secondary N) is 1. The molecule has 106 valence electrons. The highest BCUT2D eigenvalue weighted by Gasteiger charge is 2.31. The number of carbonyl (C=O) groups is 1. The molecule has 19 heavy (non-hydrogen) atoms. The molecule has 1 amide bonds. The Morgan fingerprint density at radius 2 is 2.11 bits per heavy atom. The fraction of sp³-hybridized carbons (Fsp3) is 0.667. The topological polar surface area (TPSA) is 68.3 Å². The maximum absolute atomic E-state index is 12.0. The van der Waals surface area contributed by atoms with Crippen molar-refractivity contribution in [2.75, 3.05) is 13.1 Å². The summed E-state index contributed by atoms with van der Waals surface area (Å²) in [5.41, 5.74) is 6.01. The first-order chi connectivity index (χ1) is 9.19. The summed E-state index contributed by atoms with van der Waals surface area (Å²) in [6.45, 7) is 3.31. The summed E-state index contributed by atoms with van der Waals surface area (Å²) in [4.78, 5) is 12.0. The van der Waals surface area contributed by atoms with Crippen LogP contribution in [0, 0.1) is 5.41 Å². The van der Waals surface area contributed by atoms with Crippen molar-refractivity contribution in [2.24, 2.45) is 11.1 Å². The first-order valence-corrected chi connectivity index (χ1v) is 7.26. The first-order valence-electron chi connectivity index (χ1n) is 7.26. The van der Waals surface area contributed by atoms with E-state index in [1.165, 1.54) is 19.3 Å². The van der Waals surface area contributed by atoms with E-state index in [0.29, 0.717) is 18.8 Å². The van der Waals surface area contributed by atoms with Crippen LogP contribution in [0.3, 0.4) is 0 Å². The molecular formula is C15H24N2O2. The fourth-order valence-corrected chi connectivity index (χ4v) is 2.80. The van der Waals surface area contributed by atoms with Crippen LogP contribution in [-0.4, -0.2) is 19.0 Å². The van der Waals surface area contributed by atoms with E-state index in [9.17, 15) is 4.79 Å². The van der Waals surface area contributed by atoms with Gasteiger partial charge >= 0.3 is 0 Å². The molecule has 0 aromatic carbocycles. The predicted octanol–water partition coefficient (Wildman–Crippen LogP) is 2.48. The number of rotatable bonds is 5. The number of carbonyl (C=O) groups excluding carboxylic acids is 1. The average molecular weight is 264 g/mol. The van der Waals surface area contributed by atoms with E-state index < -0.39 is 0 Å². The summed E-state index contributed by atoms with van der Waals surface area (Å²) in [5, 5.41) is 2.99. The van der Waals surface area contributed by atoms with E-state index in [0.717, 1.165) is 25.0 Å². The smallest absolute Gasteiger partial charge is 0.287 e.